The number of amides is 1. The summed E-state index contributed by atoms with van der Waals surface area (Å²) in [7, 11) is 0. The highest BCUT2D eigenvalue weighted by Gasteiger charge is 2.23. The molecular weight excluding hydrogens is 290 g/mol. The van der Waals surface area contributed by atoms with Gasteiger partial charge in [0.2, 0.25) is 0 Å². The molecule has 4 heteroatoms. The summed E-state index contributed by atoms with van der Waals surface area (Å²) in [5.41, 5.74) is 2.60. The first kappa shape index (κ1) is 17.3. The lowest BCUT2D eigenvalue weighted by atomic mass is 9.97. The molecule has 0 unspecified atom stereocenters. The van der Waals surface area contributed by atoms with E-state index >= 15 is 0 Å². The SMILES string of the molecule is CCC(=O)c1ccc(C2=CCN(C(=O)OC(C)(C)C)CC2)cc1. The predicted octanol–water partition coefficient (Wildman–Crippen LogP) is 4.30. The zero-order valence-electron chi connectivity index (χ0n) is 14.4. The van der Waals surface area contributed by atoms with Crippen molar-refractivity contribution < 1.29 is 14.3 Å². The first-order chi connectivity index (χ1) is 10.8. The van der Waals surface area contributed by atoms with E-state index in [1.807, 2.05) is 52.0 Å². The van der Waals surface area contributed by atoms with Crippen LogP contribution in [0.3, 0.4) is 0 Å². The molecule has 1 aliphatic heterocycles. The molecule has 0 atom stereocenters. The van der Waals surface area contributed by atoms with Gasteiger partial charge in [-0.15, -0.1) is 0 Å². The number of ketones is 1. The fraction of sp³-hybridized carbons (Fsp3) is 0.474. The molecule has 0 aliphatic carbocycles. The van der Waals surface area contributed by atoms with Crippen LogP contribution < -0.4 is 0 Å². The van der Waals surface area contributed by atoms with Gasteiger partial charge in [-0.05, 0) is 38.3 Å². The van der Waals surface area contributed by atoms with Crippen molar-refractivity contribution in [2.75, 3.05) is 13.1 Å². The second-order valence-corrected chi connectivity index (χ2v) is 6.76. The smallest absolute Gasteiger partial charge is 0.410 e. The van der Waals surface area contributed by atoms with Gasteiger partial charge in [-0.25, -0.2) is 4.79 Å². The number of hydrogen-bond acceptors (Lipinski definition) is 3. The third kappa shape index (κ3) is 4.68. The average molecular weight is 315 g/mol. The van der Waals surface area contributed by atoms with Crippen molar-refractivity contribution in [2.45, 2.75) is 46.1 Å². The van der Waals surface area contributed by atoms with Crippen molar-refractivity contribution in [3.05, 3.63) is 41.5 Å². The topological polar surface area (TPSA) is 46.6 Å². The van der Waals surface area contributed by atoms with Gasteiger partial charge in [-0.1, -0.05) is 37.3 Å². The summed E-state index contributed by atoms with van der Waals surface area (Å²) in [5, 5.41) is 0. The maximum Gasteiger partial charge on any atom is 0.410 e. The van der Waals surface area contributed by atoms with Crippen LogP contribution >= 0.6 is 0 Å². The fourth-order valence-electron chi connectivity index (χ4n) is 2.50. The molecule has 0 fully saturated rings. The van der Waals surface area contributed by atoms with Crippen molar-refractivity contribution >= 4 is 17.4 Å². The van der Waals surface area contributed by atoms with E-state index < -0.39 is 5.60 Å². The summed E-state index contributed by atoms with van der Waals surface area (Å²) in [6.07, 6.45) is 3.11. The van der Waals surface area contributed by atoms with Gasteiger partial charge in [0.25, 0.3) is 0 Å². The maximum atomic E-state index is 12.0. The van der Waals surface area contributed by atoms with Gasteiger partial charge in [0.1, 0.15) is 5.60 Å². The van der Waals surface area contributed by atoms with Gasteiger partial charge in [0.15, 0.2) is 5.78 Å². The summed E-state index contributed by atoms with van der Waals surface area (Å²) in [6.45, 7) is 8.68. The summed E-state index contributed by atoms with van der Waals surface area (Å²) in [4.78, 5) is 25.4. The number of ether oxygens (including phenoxy) is 1. The van der Waals surface area contributed by atoms with Crippen LogP contribution in [0, 0.1) is 0 Å². The zero-order chi connectivity index (χ0) is 17.0. The molecule has 0 saturated carbocycles. The van der Waals surface area contributed by atoms with Crippen LogP contribution in [-0.4, -0.2) is 35.5 Å². The van der Waals surface area contributed by atoms with E-state index in [2.05, 4.69) is 6.08 Å². The third-order valence-electron chi connectivity index (χ3n) is 3.76. The summed E-state index contributed by atoms with van der Waals surface area (Å²) >= 11 is 0. The summed E-state index contributed by atoms with van der Waals surface area (Å²) in [5.74, 6) is 0.158. The number of nitrogens with zero attached hydrogens (tertiary/aromatic N) is 1. The van der Waals surface area contributed by atoms with Crippen LogP contribution in [0.1, 0.15) is 56.5 Å². The van der Waals surface area contributed by atoms with Gasteiger partial charge in [-0.2, -0.15) is 0 Å². The van der Waals surface area contributed by atoms with E-state index in [-0.39, 0.29) is 11.9 Å². The summed E-state index contributed by atoms with van der Waals surface area (Å²) in [6, 6.07) is 7.72. The Labute approximate surface area is 138 Å². The molecular formula is C19H25NO3. The van der Waals surface area contributed by atoms with Gasteiger partial charge in [0, 0.05) is 25.1 Å². The Bertz CT molecular complexity index is 608. The van der Waals surface area contributed by atoms with Crippen LogP contribution in [-0.2, 0) is 4.74 Å². The Morgan fingerprint density at radius 2 is 1.83 bits per heavy atom. The minimum Gasteiger partial charge on any atom is -0.444 e. The molecule has 1 amide bonds. The number of benzene rings is 1. The number of hydrogen-bond donors (Lipinski definition) is 0. The van der Waals surface area contributed by atoms with E-state index in [0.717, 1.165) is 17.5 Å². The Kier molecular flexibility index (Phi) is 5.24. The van der Waals surface area contributed by atoms with Crippen LogP contribution in [0.15, 0.2) is 30.3 Å². The first-order valence-electron chi connectivity index (χ1n) is 8.11. The van der Waals surface area contributed by atoms with Gasteiger partial charge >= 0.3 is 6.09 Å². The lowest BCUT2D eigenvalue weighted by Gasteiger charge is -2.29. The molecule has 4 nitrogen and oxygen atoms in total. The minimum absolute atomic E-state index is 0.158. The molecule has 124 valence electrons. The lowest BCUT2D eigenvalue weighted by Crippen LogP contribution is -2.39. The second-order valence-electron chi connectivity index (χ2n) is 6.76. The Hall–Kier alpha value is -2.10. The fourth-order valence-corrected chi connectivity index (χ4v) is 2.50. The largest absolute Gasteiger partial charge is 0.444 e. The van der Waals surface area contributed by atoms with Crippen LogP contribution in [0.2, 0.25) is 0 Å². The molecule has 0 N–H and O–H groups in total. The Morgan fingerprint density at radius 1 is 1.17 bits per heavy atom. The molecule has 0 bridgehead atoms. The van der Waals surface area contributed by atoms with Crippen molar-refractivity contribution in [2.24, 2.45) is 0 Å². The average Bonchev–Trinajstić information content (AvgIpc) is 2.53. The highest BCUT2D eigenvalue weighted by Crippen LogP contribution is 2.24. The number of rotatable bonds is 3. The van der Waals surface area contributed by atoms with Crippen molar-refractivity contribution in [3.8, 4) is 0 Å². The van der Waals surface area contributed by atoms with Gasteiger partial charge < -0.3 is 9.64 Å². The monoisotopic (exact) mass is 315 g/mol. The van der Waals surface area contributed by atoms with Crippen LogP contribution in [0.4, 0.5) is 4.79 Å². The van der Waals surface area contributed by atoms with Gasteiger partial charge in [0.05, 0.1) is 0 Å². The predicted molar refractivity (Wildman–Crippen MR) is 91.5 cm³/mol. The molecule has 0 spiro atoms. The van der Waals surface area contributed by atoms with Crippen molar-refractivity contribution in [1.29, 1.82) is 0 Å². The number of carbonyl (C=O) groups is 2. The molecule has 1 aliphatic rings. The van der Waals surface area contributed by atoms with E-state index in [4.69, 9.17) is 4.74 Å². The number of Topliss-reactive ketones (excluding diaryl/α,β-unsaturated/α-hetero) is 1. The van der Waals surface area contributed by atoms with Crippen LogP contribution in [0.5, 0.6) is 0 Å². The quantitative estimate of drug-likeness (QED) is 0.781. The Balaban J connectivity index is 2.01. The van der Waals surface area contributed by atoms with E-state index in [0.29, 0.717) is 19.5 Å². The molecule has 0 saturated heterocycles. The normalized spacial score (nSPS) is 15.1. The number of carbonyl (C=O) groups excluding carboxylic acids is 2. The van der Waals surface area contributed by atoms with Crippen molar-refractivity contribution in [1.82, 2.24) is 4.90 Å². The lowest BCUT2D eigenvalue weighted by molar-refractivity contribution is 0.0270. The molecule has 2 rings (SSSR count). The minimum atomic E-state index is -0.470. The zero-order valence-corrected chi connectivity index (χ0v) is 14.4. The van der Waals surface area contributed by atoms with Crippen LogP contribution in [0.25, 0.3) is 5.57 Å². The van der Waals surface area contributed by atoms with E-state index in [1.165, 1.54) is 5.57 Å². The van der Waals surface area contributed by atoms with E-state index in [1.54, 1.807) is 4.90 Å². The molecule has 1 aromatic carbocycles. The maximum absolute atomic E-state index is 12.0. The molecule has 0 aromatic heterocycles. The van der Waals surface area contributed by atoms with Crippen molar-refractivity contribution in [3.63, 3.8) is 0 Å². The third-order valence-corrected chi connectivity index (χ3v) is 3.76. The van der Waals surface area contributed by atoms with E-state index in [9.17, 15) is 9.59 Å². The summed E-state index contributed by atoms with van der Waals surface area (Å²) < 4.78 is 5.39. The molecule has 23 heavy (non-hydrogen) atoms. The standard InChI is InChI=1S/C19H25NO3/c1-5-17(21)16-8-6-14(7-9-16)15-10-12-20(13-11-15)18(22)23-19(2,3)4/h6-10H,5,11-13H2,1-4H3. The Morgan fingerprint density at radius 3 is 2.30 bits per heavy atom. The first-order valence-corrected chi connectivity index (χ1v) is 8.11. The highest BCUT2D eigenvalue weighted by atomic mass is 16.6. The molecule has 1 aromatic rings. The molecule has 0 radical (unpaired) electrons. The molecule has 1 heterocycles. The highest BCUT2D eigenvalue weighted by molar-refractivity contribution is 5.96. The van der Waals surface area contributed by atoms with Gasteiger partial charge in [-0.3, -0.25) is 4.79 Å². The second kappa shape index (κ2) is 6.99.